The molecule has 0 radical (unpaired) electrons. The lowest BCUT2D eigenvalue weighted by Gasteiger charge is -2.28. The molecule has 232 valence electrons. The Bertz CT molecular complexity index is 2840. The van der Waals surface area contributed by atoms with Crippen LogP contribution in [0.3, 0.4) is 0 Å². The molecular formula is C46H27N3O. The van der Waals surface area contributed by atoms with Gasteiger partial charge >= 0.3 is 0 Å². The van der Waals surface area contributed by atoms with Gasteiger partial charge in [0.15, 0.2) is 17.5 Å². The lowest BCUT2D eigenvalue weighted by Crippen LogP contribution is -2.25. The van der Waals surface area contributed by atoms with Gasteiger partial charge in [-0.3, -0.25) is 0 Å². The van der Waals surface area contributed by atoms with Crippen LogP contribution in [0.25, 0.3) is 78.2 Å². The topological polar surface area (TPSA) is 51.8 Å². The second-order valence-electron chi connectivity index (χ2n) is 13.1. The third-order valence-electron chi connectivity index (χ3n) is 10.5. The molecule has 2 aromatic heterocycles. The van der Waals surface area contributed by atoms with Gasteiger partial charge in [0.1, 0.15) is 16.8 Å². The van der Waals surface area contributed by atoms with Crippen molar-refractivity contribution in [3.8, 4) is 56.4 Å². The molecule has 2 aliphatic rings. The van der Waals surface area contributed by atoms with Crippen LogP contribution in [0.1, 0.15) is 22.5 Å². The summed E-state index contributed by atoms with van der Waals surface area (Å²) >= 11 is 0. The van der Waals surface area contributed by atoms with E-state index in [0.29, 0.717) is 17.5 Å². The van der Waals surface area contributed by atoms with Crippen molar-refractivity contribution in [3.63, 3.8) is 0 Å². The average Bonchev–Trinajstić information content (AvgIpc) is 3.82. The second kappa shape index (κ2) is 10.2. The van der Waals surface area contributed by atoms with Crippen molar-refractivity contribution in [1.29, 1.82) is 0 Å². The van der Waals surface area contributed by atoms with E-state index in [2.05, 4.69) is 140 Å². The number of hydrogen-bond donors (Lipinski definition) is 0. The molecule has 4 nitrogen and oxygen atoms in total. The highest BCUT2D eigenvalue weighted by Crippen LogP contribution is 2.65. The highest BCUT2D eigenvalue weighted by molar-refractivity contribution is 6.05. The molecule has 11 rings (SSSR count). The van der Waals surface area contributed by atoms with E-state index in [4.69, 9.17) is 19.4 Å². The molecule has 0 N–H and O–H groups in total. The Morgan fingerprint density at radius 2 is 1.00 bits per heavy atom. The van der Waals surface area contributed by atoms with Crippen LogP contribution in [0, 0.1) is 0 Å². The van der Waals surface area contributed by atoms with Gasteiger partial charge in [-0.25, -0.2) is 15.0 Å². The highest BCUT2D eigenvalue weighted by atomic mass is 16.3. The smallest absolute Gasteiger partial charge is 0.164 e. The molecule has 0 amide bonds. The molecule has 50 heavy (non-hydrogen) atoms. The minimum atomic E-state index is -0.622. The van der Waals surface area contributed by atoms with Gasteiger partial charge in [0.25, 0.3) is 0 Å². The fourth-order valence-electron chi connectivity index (χ4n) is 8.45. The van der Waals surface area contributed by atoms with Gasteiger partial charge in [0.05, 0.1) is 0 Å². The molecule has 1 atom stereocenters. The zero-order valence-corrected chi connectivity index (χ0v) is 26.8. The first-order chi connectivity index (χ1) is 24.8. The highest BCUT2D eigenvalue weighted by Gasteiger charge is 2.55. The van der Waals surface area contributed by atoms with Gasteiger partial charge in [0, 0.05) is 27.6 Å². The first-order valence-electron chi connectivity index (χ1n) is 17.0. The van der Waals surface area contributed by atoms with Gasteiger partial charge in [-0.2, -0.15) is 0 Å². The molecular weight excluding hydrogens is 611 g/mol. The van der Waals surface area contributed by atoms with Crippen LogP contribution in [0.4, 0.5) is 0 Å². The summed E-state index contributed by atoms with van der Waals surface area (Å²) in [5.41, 5.74) is 11.4. The van der Waals surface area contributed by atoms with E-state index in [0.717, 1.165) is 49.9 Å². The predicted molar refractivity (Wildman–Crippen MR) is 200 cm³/mol. The number of hydrogen-bond acceptors (Lipinski definition) is 4. The largest absolute Gasteiger partial charge is 0.459 e. The monoisotopic (exact) mass is 637 g/mol. The van der Waals surface area contributed by atoms with Crippen molar-refractivity contribution in [2.75, 3.05) is 0 Å². The van der Waals surface area contributed by atoms with Crippen molar-refractivity contribution in [1.82, 2.24) is 15.0 Å². The number of furan rings is 1. The maximum atomic E-state index is 6.94. The van der Waals surface area contributed by atoms with Gasteiger partial charge < -0.3 is 4.42 Å². The fraction of sp³-hybridized carbons (Fsp3) is 0.0217. The average molecular weight is 638 g/mol. The van der Waals surface area contributed by atoms with Crippen LogP contribution >= 0.6 is 0 Å². The van der Waals surface area contributed by atoms with Crippen molar-refractivity contribution >= 4 is 21.7 Å². The summed E-state index contributed by atoms with van der Waals surface area (Å²) in [5, 5.41) is 3.46. The first kappa shape index (κ1) is 27.3. The van der Waals surface area contributed by atoms with E-state index in [1.54, 1.807) is 0 Å². The van der Waals surface area contributed by atoms with E-state index in [9.17, 15) is 0 Å². The molecule has 4 heteroatoms. The molecule has 2 aliphatic carbocycles. The third-order valence-corrected chi connectivity index (χ3v) is 10.5. The zero-order chi connectivity index (χ0) is 32.8. The van der Waals surface area contributed by atoms with E-state index >= 15 is 0 Å². The number of para-hydroxylation sites is 1. The first-order valence-corrected chi connectivity index (χ1v) is 17.0. The fourth-order valence-corrected chi connectivity index (χ4v) is 8.45. The number of rotatable bonds is 3. The predicted octanol–water partition coefficient (Wildman–Crippen LogP) is 11.1. The van der Waals surface area contributed by atoms with Gasteiger partial charge in [-0.05, 0) is 56.3 Å². The van der Waals surface area contributed by atoms with Crippen molar-refractivity contribution in [2.45, 2.75) is 5.41 Å². The van der Waals surface area contributed by atoms with Crippen LogP contribution in [-0.4, -0.2) is 15.0 Å². The number of aromatic nitrogens is 3. The molecule has 9 aromatic rings. The molecule has 0 saturated heterocycles. The Balaban J connectivity index is 1.21. The quantitative estimate of drug-likeness (QED) is 0.193. The number of nitrogens with zero attached hydrogens (tertiary/aromatic N) is 3. The lowest BCUT2D eigenvalue weighted by molar-refractivity contribution is 0.507. The Morgan fingerprint density at radius 1 is 0.400 bits per heavy atom. The van der Waals surface area contributed by atoms with E-state index in [1.165, 1.54) is 33.2 Å². The SMILES string of the molecule is c1ccc(-c2nc(-c3ccc4ccccc4c3)nc(-c3cccc4c3-c3ccccc3C43c4ccccc4-c4c3oc3ccccc43)n2)cc1. The summed E-state index contributed by atoms with van der Waals surface area (Å²) in [6.45, 7) is 0. The third kappa shape index (κ3) is 3.62. The maximum absolute atomic E-state index is 6.94. The molecule has 1 unspecified atom stereocenters. The van der Waals surface area contributed by atoms with Gasteiger partial charge in [-0.1, -0.05) is 152 Å². The van der Waals surface area contributed by atoms with Crippen LogP contribution in [0.2, 0.25) is 0 Å². The summed E-state index contributed by atoms with van der Waals surface area (Å²) in [6.07, 6.45) is 0. The van der Waals surface area contributed by atoms with Crippen LogP contribution < -0.4 is 0 Å². The molecule has 0 saturated carbocycles. The minimum Gasteiger partial charge on any atom is -0.459 e. The maximum Gasteiger partial charge on any atom is 0.164 e. The molecule has 0 bridgehead atoms. The normalized spacial score (nSPS) is 15.3. The van der Waals surface area contributed by atoms with E-state index in [-0.39, 0.29) is 0 Å². The molecule has 7 aromatic carbocycles. The Morgan fingerprint density at radius 3 is 1.82 bits per heavy atom. The minimum absolute atomic E-state index is 0.622. The molecule has 0 aliphatic heterocycles. The summed E-state index contributed by atoms with van der Waals surface area (Å²) < 4.78 is 6.94. The summed E-state index contributed by atoms with van der Waals surface area (Å²) in [7, 11) is 0. The summed E-state index contributed by atoms with van der Waals surface area (Å²) in [6, 6.07) is 57.5. The number of benzene rings is 7. The van der Waals surface area contributed by atoms with Crippen LogP contribution in [0.15, 0.2) is 168 Å². The van der Waals surface area contributed by atoms with Crippen LogP contribution in [-0.2, 0) is 5.41 Å². The van der Waals surface area contributed by atoms with Crippen molar-refractivity contribution in [3.05, 3.63) is 186 Å². The Kier molecular flexibility index (Phi) is 5.56. The lowest BCUT2D eigenvalue weighted by atomic mass is 9.73. The molecule has 0 fully saturated rings. The van der Waals surface area contributed by atoms with Crippen molar-refractivity contribution < 1.29 is 4.42 Å². The Hall–Kier alpha value is -6.65. The summed E-state index contributed by atoms with van der Waals surface area (Å²) in [4.78, 5) is 15.5. The van der Waals surface area contributed by atoms with Gasteiger partial charge in [0.2, 0.25) is 0 Å². The van der Waals surface area contributed by atoms with Crippen molar-refractivity contribution in [2.24, 2.45) is 0 Å². The second-order valence-corrected chi connectivity index (χ2v) is 13.1. The van der Waals surface area contributed by atoms with Crippen LogP contribution in [0.5, 0.6) is 0 Å². The standard InChI is InChI=1S/C46H27N3O/c1-2-14-29(15-3-1)43-47-44(31-26-25-28-13-4-5-16-30(28)27-31)49-45(48-43)35-20-12-23-38-40(35)32-17-6-9-21-36(32)46(38)37-22-10-7-18-33(37)41-34-19-8-11-24-39(34)50-42(41)46/h1-27H. The Labute approximate surface area is 288 Å². The van der Waals surface area contributed by atoms with E-state index < -0.39 is 5.41 Å². The zero-order valence-electron chi connectivity index (χ0n) is 26.8. The summed E-state index contributed by atoms with van der Waals surface area (Å²) in [5.74, 6) is 2.90. The number of fused-ring (bicyclic) bond motifs is 13. The molecule has 1 spiro atoms. The van der Waals surface area contributed by atoms with Gasteiger partial charge in [-0.15, -0.1) is 0 Å². The van der Waals surface area contributed by atoms with E-state index in [1.807, 2.05) is 24.3 Å². The molecule has 2 heterocycles.